The minimum absolute atomic E-state index is 0.298. The van der Waals surface area contributed by atoms with Gasteiger partial charge in [-0.05, 0) is 18.9 Å². The fraction of sp³-hybridized carbons (Fsp3) is 0.214. The van der Waals surface area contributed by atoms with Gasteiger partial charge in [-0.25, -0.2) is 9.67 Å². The number of anilines is 1. The maximum Gasteiger partial charge on any atom is 0.222 e. The lowest BCUT2D eigenvalue weighted by molar-refractivity contribution is 0.630. The van der Waals surface area contributed by atoms with Crippen LogP contribution in [0, 0.1) is 6.92 Å². The number of nitrogen functional groups attached to an aromatic ring is 1. The van der Waals surface area contributed by atoms with Gasteiger partial charge in [0.2, 0.25) is 5.95 Å². The van der Waals surface area contributed by atoms with Gasteiger partial charge in [0.05, 0.1) is 17.3 Å². The number of rotatable bonds is 3. The van der Waals surface area contributed by atoms with Gasteiger partial charge in [0, 0.05) is 6.54 Å². The molecule has 0 bridgehead atoms. The third-order valence-electron chi connectivity index (χ3n) is 3.16. The molecular formula is C14H15N5. The van der Waals surface area contributed by atoms with Crippen LogP contribution in [0.3, 0.4) is 0 Å². The van der Waals surface area contributed by atoms with E-state index in [4.69, 9.17) is 5.73 Å². The Kier molecular flexibility index (Phi) is 2.87. The van der Waals surface area contributed by atoms with Crippen molar-refractivity contribution in [3.05, 3.63) is 47.8 Å². The summed E-state index contributed by atoms with van der Waals surface area (Å²) in [6.45, 7) is 2.70. The number of hydrogen-bond acceptors (Lipinski definition) is 4. The molecule has 0 amide bonds. The Morgan fingerprint density at radius 1 is 1.16 bits per heavy atom. The van der Waals surface area contributed by atoms with Crippen LogP contribution in [-0.2, 0) is 13.0 Å². The summed E-state index contributed by atoms with van der Waals surface area (Å²) in [4.78, 5) is 8.42. The first-order valence-corrected chi connectivity index (χ1v) is 6.23. The van der Waals surface area contributed by atoms with E-state index in [2.05, 4.69) is 27.2 Å². The Bertz CT molecular complexity index is 702. The van der Waals surface area contributed by atoms with Crippen molar-refractivity contribution in [1.82, 2.24) is 19.7 Å². The summed E-state index contributed by atoms with van der Waals surface area (Å²) in [6.07, 6.45) is 2.72. The summed E-state index contributed by atoms with van der Waals surface area (Å²) in [6, 6.07) is 10.3. The first kappa shape index (κ1) is 11.6. The van der Waals surface area contributed by atoms with Crippen LogP contribution < -0.4 is 5.73 Å². The molecule has 19 heavy (non-hydrogen) atoms. The first-order valence-electron chi connectivity index (χ1n) is 6.23. The largest absolute Gasteiger partial charge is 0.368 e. The first-order chi connectivity index (χ1) is 9.24. The highest BCUT2D eigenvalue weighted by molar-refractivity contribution is 5.77. The van der Waals surface area contributed by atoms with E-state index >= 15 is 0 Å². The van der Waals surface area contributed by atoms with Crippen LogP contribution >= 0.6 is 0 Å². The highest BCUT2D eigenvalue weighted by atomic mass is 15.3. The van der Waals surface area contributed by atoms with Crippen LogP contribution in [-0.4, -0.2) is 19.7 Å². The van der Waals surface area contributed by atoms with Gasteiger partial charge in [-0.1, -0.05) is 30.3 Å². The summed E-state index contributed by atoms with van der Waals surface area (Å²) >= 11 is 0. The molecule has 3 aromatic rings. The zero-order chi connectivity index (χ0) is 13.2. The summed E-state index contributed by atoms with van der Waals surface area (Å²) in [5.41, 5.74) is 8.65. The molecule has 0 aliphatic rings. The number of fused-ring (bicyclic) bond motifs is 1. The summed E-state index contributed by atoms with van der Waals surface area (Å²) in [5, 5.41) is 5.33. The molecule has 2 aromatic heterocycles. The van der Waals surface area contributed by atoms with E-state index in [1.807, 2.05) is 29.8 Å². The second-order valence-corrected chi connectivity index (χ2v) is 4.51. The van der Waals surface area contributed by atoms with E-state index in [9.17, 15) is 0 Å². The van der Waals surface area contributed by atoms with E-state index in [-0.39, 0.29) is 0 Å². The SMILES string of the molecule is Cc1nc(N)nc2c1cnn2CCc1ccccc1. The molecule has 2 N–H and O–H groups in total. The van der Waals surface area contributed by atoms with Crippen LogP contribution in [0.1, 0.15) is 11.3 Å². The molecule has 0 aliphatic heterocycles. The zero-order valence-electron chi connectivity index (χ0n) is 10.7. The lowest BCUT2D eigenvalue weighted by Crippen LogP contribution is -2.06. The second kappa shape index (κ2) is 4.68. The van der Waals surface area contributed by atoms with Crippen LogP contribution in [0.4, 0.5) is 5.95 Å². The van der Waals surface area contributed by atoms with E-state index in [1.165, 1.54) is 5.56 Å². The molecular weight excluding hydrogens is 238 g/mol. The Balaban J connectivity index is 1.89. The average Bonchev–Trinajstić information content (AvgIpc) is 2.81. The number of hydrogen-bond donors (Lipinski definition) is 1. The molecule has 0 fully saturated rings. The smallest absolute Gasteiger partial charge is 0.222 e. The molecule has 2 heterocycles. The Labute approximate surface area is 111 Å². The van der Waals surface area contributed by atoms with Gasteiger partial charge >= 0.3 is 0 Å². The maximum atomic E-state index is 5.70. The van der Waals surface area contributed by atoms with Crippen molar-refractivity contribution in [3.63, 3.8) is 0 Å². The van der Waals surface area contributed by atoms with Crippen molar-refractivity contribution in [2.45, 2.75) is 19.9 Å². The van der Waals surface area contributed by atoms with Crippen molar-refractivity contribution in [2.75, 3.05) is 5.73 Å². The summed E-state index contributed by atoms with van der Waals surface area (Å²) < 4.78 is 1.88. The van der Waals surface area contributed by atoms with Crippen molar-refractivity contribution in [1.29, 1.82) is 0 Å². The number of aryl methyl sites for hydroxylation is 3. The van der Waals surface area contributed by atoms with E-state index in [1.54, 1.807) is 6.20 Å². The maximum absolute atomic E-state index is 5.70. The molecule has 0 atom stereocenters. The fourth-order valence-corrected chi connectivity index (χ4v) is 2.16. The van der Waals surface area contributed by atoms with Crippen molar-refractivity contribution < 1.29 is 0 Å². The lowest BCUT2D eigenvalue weighted by atomic mass is 10.1. The number of nitrogens with two attached hydrogens (primary N) is 1. The average molecular weight is 253 g/mol. The molecule has 96 valence electrons. The molecule has 0 radical (unpaired) electrons. The van der Waals surface area contributed by atoms with Crippen LogP contribution in [0.15, 0.2) is 36.5 Å². The van der Waals surface area contributed by atoms with Crippen molar-refractivity contribution in [3.8, 4) is 0 Å². The minimum Gasteiger partial charge on any atom is -0.368 e. The third kappa shape index (κ3) is 2.27. The molecule has 0 unspecified atom stereocenters. The van der Waals surface area contributed by atoms with E-state index < -0.39 is 0 Å². The van der Waals surface area contributed by atoms with Gasteiger partial charge in [-0.15, -0.1) is 0 Å². The monoisotopic (exact) mass is 253 g/mol. The van der Waals surface area contributed by atoms with Gasteiger partial charge in [-0.2, -0.15) is 10.1 Å². The molecule has 0 saturated heterocycles. The predicted molar refractivity (Wildman–Crippen MR) is 74.6 cm³/mol. The Hall–Kier alpha value is -2.43. The van der Waals surface area contributed by atoms with Crippen LogP contribution in [0.5, 0.6) is 0 Å². The van der Waals surface area contributed by atoms with Crippen LogP contribution in [0.25, 0.3) is 11.0 Å². The highest BCUT2D eigenvalue weighted by Gasteiger charge is 2.08. The second-order valence-electron chi connectivity index (χ2n) is 4.51. The van der Waals surface area contributed by atoms with Gasteiger partial charge in [0.1, 0.15) is 0 Å². The van der Waals surface area contributed by atoms with Gasteiger partial charge < -0.3 is 5.73 Å². The van der Waals surface area contributed by atoms with Gasteiger partial charge in [0.25, 0.3) is 0 Å². The summed E-state index contributed by atoms with van der Waals surface area (Å²) in [7, 11) is 0. The predicted octanol–water partition coefficient (Wildman–Crippen LogP) is 1.96. The highest BCUT2D eigenvalue weighted by Crippen LogP contribution is 2.16. The molecule has 5 nitrogen and oxygen atoms in total. The number of aromatic nitrogens is 4. The van der Waals surface area contributed by atoms with Gasteiger partial charge in [0.15, 0.2) is 5.65 Å². The quantitative estimate of drug-likeness (QED) is 0.774. The van der Waals surface area contributed by atoms with Crippen LogP contribution in [0.2, 0.25) is 0 Å². The Morgan fingerprint density at radius 3 is 2.74 bits per heavy atom. The third-order valence-corrected chi connectivity index (χ3v) is 3.16. The van der Waals surface area contributed by atoms with Gasteiger partial charge in [-0.3, -0.25) is 0 Å². The Morgan fingerprint density at radius 2 is 1.95 bits per heavy atom. The fourth-order valence-electron chi connectivity index (χ4n) is 2.16. The topological polar surface area (TPSA) is 69.6 Å². The molecule has 3 rings (SSSR count). The number of benzene rings is 1. The molecule has 0 spiro atoms. The summed E-state index contributed by atoms with van der Waals surface area (Å²) in [5.74, 6) is 0.298. The minimum atomic E-state index is 0.298. The molecule has 1 aromatic carbocycles. The molecule has 0 saturated carbocycles. The lowest BCUT2D eigenvalue weighted by Gasteiger charge is -2.04. The standard InChI is InChI=1S/C14H15N5/c1-10-12-9-16-19(13(12)18-14(15)17-10)8-7-11-5-3-2-4-6-11/h2-6,9H,7-8H2,1H3,(H2,15,17,18). The molecule has 5 heteroatoms. The molecule has 0 aliphatic carbocycles. The van der Waals surface area contributed by atoms with Crippen molar-refractivity contribution >= 4 is 17.0 Å². The van der Waals surface area contributed by atoms with E-state index in [0.29, 0.717) is 5.95 Å². The van der Waals surface area contributed by atoms with E-state index in [0.717, 1.165) is 29.7 Å². The zero-order valence-corrected chi connectivity index (χ0v) is 10.7. The normalized spacial score (nSPS) is 11.0. The van der Waals surface area contributed by atoms with Crippen molar-refractivity contribution in [2.24, 2.45) is 0 Å². The number of nitrogens with zero attached hydrogens (tertiary/aromatic N) is 4.